The summed E-state index contributed by atoms with van der Waals surface area (Å²) < 4.78 is 21.0. The second kappa shape index (κ2) is 12.1. The van der Waals surface area contributed by atoms with Gasteiger partial charge in [-0.05, 0) is 12.5 Å². The summed E-state index contributed by atoms with van der Waals surface area (Å²) in [6.07, 6.45) is -0.740. The summed E-state index contributed by atoms with van der Waals surface area (Å²) in [5.41, 5.74) is 0.757. The molecule has 1 aromatic rings. The van der Waals surface area contributed by atoms with Gasteiger partial charge in [0, 0.05) is 0 Å². The van der Waals surface area contributed by atoms with E-state index < -0.39 is 12.1 Å². The fraction of sp³-hybridized carbons (Fsp3) is 0.562. The summed E-state index contributed by atoms with van der Waals surface area (Å²) in [5.74, 6) is -0.403. The molecule has 1 aromatic carbocycles. The summed E-state index contributed by atoms with van der Waals surface area (Å²) in [7, 11) is 0. The van der Waals surface area contributed by atoms with Gasteiger partial charge in [0.15, 0.2) is 6.10 Å². The number of hydrogen-bond donors (Lipinski definition) is 1. The Balaban J connectivity index is 2.32. The first-order chi connectivity index (χ1) is 10.8. The molecule has 0 fully saturated rings. The quantitative estimate of drug-likeness (QED) is 0.464. The third kappa shape index (κ3) is 7.51. The molecule has 0 saturated heterocycles. The van der Waals surface area contributed by atoms with Crippen LogP contribution in [0, 0.1) is 0 Å². The zero-order chi connectivity index (χ0) is 16.0. The van der Waals surface area contributed by atoms with Crippen LogP contribution in [0.5, 0.6) is 0 Å². The van der Waals surface area contributed by atoms with Crippen molar-refractivity contribution in [2.24, 2.45) is 0 Å². The minimum absolute atomic E-state index is 0.00140. The molecule has 0 aliphatic carbocycles. The fourth-order valence-corrected chi connectivity index (χ4v) is 1.76. The Morgan fingerprint density at radius 3 is 2.32 bits per heavy atom. The topological polar surface area (TPSA) is 74.2 Å². The van der Waals surface area contributed by atoms with Crippen LogP contribution in [0.25, 0.3) is 0 Å². The second-order valence-corrected chi connectivity index (χ2v) is 4.36. The number of hydrogen-bond acceptors (Lipinski definition) is 6. The number of esters is 1. The van der Waals surface area contributed by atoms with Gasteiger partial charge in [0.05, 0.1) is 46.2 Å². The summed E-state index contributed by atoms with van der Waals surface area (Å²) in [5, 5.41) is 8.54. The molecule has 0 radical (unpaired) electrons. The average molecular weight is 312 g/mol. The van der Waals surface area contributed by atoms with Gasteiger partial charge >= 0.3 is 5.97 Å². The molecule has 0 saturated carbocycles. The Kier molecular flexibility index (Phi) is 10.2. The lowest BCUT2D eigenvalue weighted by molar-refractivity contribution is -0.158. The summed E-state index contributed by atoms with van der Waals surface area (Å²) in [4.78, 5) is 12.0. The van der Waals surface area contributed by atoms with E-state index in [0.717, 1.165) is 5.56 Å². The summed E-state index contributed by atoms with van der Waals surface area (Å²) >= 11 is 0. The van der Waals surface area contributed by atoms with Gasteiger partial charge in [0.1, 0.15) is 0 Å². The minimum atomic E-state index is -0.740. The normalized spacial score (nSPS) is 12.1. The van der Waals surface area contributed by atoms with Crippen LogP contribution in [0.1, 0.15) is 18.6 Å². The highest BCUT2D eigenvalue weighted by molar-refractivity contribution is 5.76. The highest BCUT2D eigenvalue weighted by atomic mass is 16.6. The van der Waals surface area contributed by atoms with Crippen molar-refractivity contribution in [2.45, 2.75) is 13.0 Å². The van der Waals surface area contributed by atoms with Gasteiger partial charge in [-0.25, -0.2) is 4.79 Å². The van der Waals surface area contributed by atoms with Crippen molar-refractivity contribution in [1.29, 1.82) is 0 Å². The zero-order valence-corrected chi connectivity index (χ0v) is 12.9. The van der Waals surface area contributed by atoms with Crippen molar-refractivity contribution in [3.05, 3.63) is 35.9 Å². The largest absolute Gasteiger partial charge is 0.464 e. The number of benzene rings is 1. The Morgan fingerprint density at radius 2 is 1.68 bits per heavy atom. The monoisotopic (exact) mass is 312 g/mol. The number of carbonyl (C=O) groups excluding carboxylic acids is 1. The lowest BCUT2D eigenvalue weighted by Gasteiger charge is -2.17. The summed E-state index contributed by atoms with van der Waals surface area (Å²) in [6, 6.07) is 9.22. The van der Waals surface area contributed by atoms with Crippen LogP contribution in [0.4, 0.5) is 0 Å². The van der Waals surface area contributed by atoms with Gasteiger partial charge in [-0.2, -0.15) is 0 Å². The summed E-state index contributed by atoms with van der Waals surface area (Å²) in [6.45, 7) is 3.84. The number of ether oxygens (including phenoxy) is 4. The molecule has 1 unspecified atom stereocenters. The van der Waals surface area contributed by atoms with Crippen LogP contribution in [0.3, 0.4) is 0 Å². The van der Waals surface area contributed by atoms with Crippen LogP contribution in [-0.4, -0.2) is 57.3 Å². The van der Waals surface area contributed by atoms with E-state index in [1.807, 2.05) is 30.3 Å². The van der Waals surface area contributed by atoms with Crippen LogP contribution < -0.4 is 0 Å². The maximum atomic E-state index is 12.0. The molecule has 0 aromatic heterocycles. The molecule has 0 spiro atoms. The van der Waals surface area contributed by atoms with Crippen molar-refractivity contribution in [3.63, 3.8) is 0 Å². The SMILES string of the molecule is CCOC(=O)C(OCCOCCOCCO)c1ccccc1. The standard InChI is InChI=1S/C16H24O6/c1-2-21-16(18)15(14-6-4-3-5-7-14)22-13-12-20-11-10-19-9-8-17/h3-7,15,17H,2,8-13H2,1H3. The first kappa shape index (κ1) is 18.6. The predicted octanol–water partition coefficient (Wildman–Crippen LogP) is 1.33. The van der Waals surface area contributed by atoms with E-state index in [-0.39, 0.29) is 13.2 Å². The molecule has 0 aliphatic rings. The molecule has 6 nitrogen and oxygen atoms in total. The molecular formula is C16H24O6. The van der Waals surface area contributed by atoms with Gasteiger partial charge in [-0.1, -0.05) is 30.3 Å². The maximum Gasteiger partial charge on any atom is 0.339 e. The van der Waals surface area contributed by atoms with E-state index in [9.17, 15) is 4.79 Å². The number of rotatable bonds is 12. The zero-order valence-electron chi connectivity index (χ0n) is 12.9. The smallest absolute Gasteiger partial charge is 0.339 e. The van der Waals surface area contributed by atoms with Crippen molar-refractivity contribution in [2.75, 3.05) is 46.2 Å². The minimum Gasteiger partial charge on any atom is -0.464 e. The molecule has 1 rings (SSSR count). The average Bonchev–Trinajstić information content (AvgIpc) is 2.54. The van der Waals surface area contributed by atoms with E-state index in [1.54, 1.807) is 6.92 Å². The highest BCUT2D eigenvalue weighted by Crippen LogP contribution is 2.18. The van der Waals surface area contributed by atoms with Crippen LogP contribution in [-0.2, 0) is 23.7 Å². The molecule has 0 heterocycles. The molecular weight excluding hydrogens is 288 g/mol. The molecule has 1 atom stereocenters. The van der Waals surface area contributed by atoms with E-state index in [4.69, 9.17) is 24.1 Å². The lowest BCUT2D eigenvalue weighted by atomic mass is 10.1. The van der Waals surface area contributed by atoms with E-state index in [0.29, 0.717) is 33.0 Å². The number of aliphatic hydroxyl groups is 1. The van der Waals surface area contributed by atoms with Crippen molar-refractivity contribution in [1.82, 2.24) is 0 Å². The first-order valence-corrected chi connectivity index (χ1v) is 7.39. The number of carbonyl (C=O) groups is 1. The lowest BCUT2D eigenvalue weighted by Crippen LogP contribution is -2.21. The van der Waals surface area contributed by atoms with Gasteiger partial charge in [0.2, 0.25) is 0 Å². The Morgan fingerprint density at radius 1 is 1.05 bits per heavy atom. The second-order valence-electron chi connectivity index (χ2n) is 4.36. The third-order valence-electron chi connectivity index (χ3n) is 2.72. The van der Waals surface area contributed by atoms with E-state index in [2.05, 4.69) is 0 Å². The van der Waals surface area contributed by atoms with Crippen molar-refractivity contribution in [3.8, 4) is 0 Å². The van der Waals surface area contributed by atoms with E-state index in [1.165, 1.54) is 0 Å². The molecule has 6 heteroatoms. The van der Waals surface area contributed by atoms with Crippen molar-refractivity contribution >= 4 is 5.97 Å². The van der Waals surface area contributed by atoms with Crippen LogP contribution in [0.2, 0.25) is 0 Å². The van der Waals surface area contributed by atoms with Crippen molar-refractivity contribution < 1.29 is 28.8 Å². The van der Waals surface area contributed by atoms with Gasteiger partial charge in [-0.3, -0.25) is 0 Å². The van der Waals surface area contributed by atoms with E-state index >= 15 is 0 Å². The van der Waals surface area contributed by atoms with Gasteiger partial charge < -0.3 is 24.1 Å². The third-order valence-corrected chi connectivity index (χ3v) is 2.72. The molecule has 22 heavy (non-hydrogen) atoms. The predicted molar refractivity (Wildman–Crippen MR) is 80.5 cm³/mol. The molecule has 1 N–H and O–H groups in total. The maximum absolute atomic E-state index is 12.0. The first-order valence-electron chi connectivity index (χ1n) is 7.39. The number of aliphatic hydroxyl groups excluding tert-OH is 1. The highest BCUT2D eigenvalue weighted by Gasteiger charge is 2.22. The Bertz CT molecular complexity index is 395. The molecule has 0 aliphatic heterocycles. The van der Waals surface area contributed by atoms with Gasteiger partial charge in [0.25, 0.3) is 0 Å². The van der Waals surface area contributed by atoms with Crippen LogP contribution in [0.15, 0.2) is 30.3 Å². The molecule has 0 amide bonds. The van der Waals surface area contributed by atoms with Gasteiger partial charge in [-0.15, -0.1) is 0 Å². The Hall–Kier alpha value is -1.47. The fourth-order valence-electron chi connectivity index (χ4n) is 1.76. The molecule has 124 valence electrons. The Labute approximate surface area is 130 Å². The van der Waals surface area contributed by atoms with Crippen LogP contribution >= 0.6 is 0 Å². The molecule has 0 bridgehead atoms.